The van der Waals surface area contributed by atoms with E-state index in [1.165, 1.54) is 0 Å². The van der Waals surface area contributed by atoms with Gasteiger partial charge in [0.25, 0.3) is 5.91 Å². The molecule has 3 N–H and O–H groups in total. The van der Waals surface area contributed by atoms with Crippen LogP contribution in [0.1, 0.15) is 19.4 Å². The normalized spacial score (nSPS) is 12.0. The first kappa shape index (κ1) is 17.5. The number of carbonyl (C=O) groups is 2. The van der Waals surface area contributed by atoms with Crippen molar-refractivity contribution in [1.82, 2.24) is 10.6 Å². The van der Waals surface area contributed by atoms with Crippen LogP contribution in [0.2, 0.25) is 5.02 Å². The van der Waals surface area contributed by atoms with Crippen molar-refractivity contribution in [2.45, 2.75) is 26.4 Å². The van der Waals surface area contributed by atoms with E-state index >= 15 is 0 Å². The molecule has 0 fully saturated rings. The minimum atomic E-state index is -0.175. The van der Waals surface area contributed by atoms with Crippen LogP contribution < -0.4 is 15.5 Å². The lowest BCUT2D eigenvalue weighted by atomic mass is 10.2. The highest BCUT2D eigenvalue weighted by molar-refractivity contribution is 6.30. The van der Waals surface area contributed by atoms with Crippen molar-refractivity contribution in [3.8, 4) is 0 Å². The molecule has 5 nitrogen and oxygen atoms in total. The van der Waals surface area contributed by atoms with Gasteiger partial charge in [0.2, 0.25) is 5.91 Å². The molecule has 1 aromatic carbocycles. The summed E-state index contributed by atoms with van der Waals surface area (Å²) in [5.74, 6) is -0.320. The van der Waals surface area contributed by atoms with Gasteiger partial charge < -0.3 is 15.5 Å². The van der Waals surface area contributed by atoms with Crippen molar-refractivity contribution < 1.29 is 14.5 Å². The van der Waals surface area contributed by atoms with E-state index in [1.54, 1.807) is 0 Å². The van der Waals surface area contributed by atoms with Gasteiger partial charge in [-0.05, 0) is 26.0 Å². The zero-order valence-electron chi connectivity index (χ0n) is 12.7. The third-order valence-electron chi connectivity index (χ3n) is 2.75. The Balaban J connectivity index is 2.32. The van der Waals surface area contributed by atoms with Crippen molar-refractivity contribution >= 4 is 23.4 Å². The van der Waals surface area contributed by atoms with Crippen LogP contribution in [-0.4, -0.2) is 38.0 Å². The Bertz CT molecular complexity index is 492. The average Bonchev–Trinajstić information content (AvgIpc) is 2.35. The van der Waals surface area contributed by atoms with E-state index in [4.69, 9.17) is 11.6 Å². The summed E-state index contributed by atoms with van der Waals surface area (Å²) in [6.45, 7) is 4.78. The molecule has 0 radical (unpaired) electrons. The quantitative estimate of drug-likeness (QED) is 0.663. The van der Waals surface area contributed by atoms with Crippen molar-refractivity contribution in [1.29, 1.82) is 0 Å². The lowest BCUT2D eigenvalue weighted by molar-refractivity contribution is -0.885. The number of hydrogen-bond acceptors (Lipinski definition) is 2. The molecule has 0 bridgehead atoms. The molecule has 6 heteroatoms. The zero-order valence-corrected chi connectivity index (χ0v) is 13.5. The molecule has 0 aliphatic heterocycles. The number of benzene rings is 1. The molecule has 1 atom stereocenters. The lowest BCUT2D eigenvalue weighted by Gasteiger charge is -2.14. The second kappa shape index (κ2) is 8.64. The van der Waals surface area contributed by atoms with Gasteiger partial charge in [-0.25, -0.2) is 0 Å². The van der Waals surface area contributed by atoms with Crippen LogP contribution in [0, 0.1) is 0 Å². The van der Waals surface area contributed by atoms with Crippen molar-refractivity contribution in [3.63, 3.8) is 0 Å². The number of nitrogens with one attached hydrogen (secondary N) is 3. The third-order valence-corrected chi connectivity index (χ3v) is 2.99. The Morgan fingerprint density at radius 2 is 2.00 bits per heavy atom. The second-order valence-electron chi connectivity index (χ2n) is 5.44. The van der Waals surface area contributed by atoms with Gasteiger partial charge in [0.05, 0.1) is 13.6 Å². The van der Waals surface area contributed by atoms with E-state index in [2.05, 4.69) is 10.6 Å². The Morgan fingerprint density at radius 1 is 1.29 bits per heavy atom. The Hall–Kier alpha value is -1.59. The summed E-state index contributed by atoms with van der Waals surface area (Å²) in [7, 11) is 1.93. The van der Waals surface area contributed by atoms with Crippen LogP contribution >= 0.6 is 11.6 Å². The Labute approximate surface area is 130 Å². The Kier molecular flexibility index (Phi) is 7.19. The SMILES string of the molecule is CC(C)NC(=O)CNC(=O)C[NH+](C)Cc1cccc(Cl)c1. The summed E-state index contributed by atoms with van der Waals surface area (Å²) in [4.78, 5) is 24.2. The smallest absolute Gasteiger partial charge is 0.275 e. The van der Waals surface area contributed by atoms with Gasteiger partial charge in [0, 0.05) is 16.6 Å². The molecule has 21 heavy (non-hydrogen) atoms. The minimum absolute atomic E-state index is 0.0153. The first-order chi connectivity index (χ1) is 9.86. The molecular weight excluding hydrogens is 290 g/mol. The fourth-order valence-electron chi connectivity index (χ4n) is 1.95. The molecule has 2 amide bonds. The molecule has 1 unspecified atom stereocenters. The highest BCUT2D eigenvalue weighted by Gasteiger charge is 2.12. The molecule has 0 heterocycles. The van der Waals surface area contributed by atoms with Gasteiger partial charge in [-0.15, -0.1) is 0 Å². The summed E-state index contributed by atoms with van der Waals surface area (Å²) in [5.41, 5.74) is 1.07. The van der Waals surface area contributed by atoms with Gasteiger partial charge in [0.1, 0.15) is 6.54 Å². The lowest BCUT2D eigenvalue weighted by Crippen LogP contribution is -3.08. The zero-order chi connectivity index (χ0) is 15.8. The van der Waals surface area contributed by atoms with Crippen molar-refractivity contribution in [2.75, 3.05) is 20.1 Å². The first-order valence-electron chi connectivity index (χ1n) is 6.98. The molecule has 0 aliphatic rings. The predicted octanol–water partition coefficient (Wildman–Crippen LogP) is -0.00450. The third kappa shape index (κ3) is 7.68. The molecule has 0 spiro atoms. The van der Waals surface area contributed by atoms with E-state index in [-0.39, 0.29) is 24.4 Å². The first-order valence-corrected chi connectivity index (χ1v) is 7.36. The van der Waals surface area contributed by atoms with E-state index in [1.807, 2.05) is 45.2 Å². The molecule has 0 aromatic heterocycles. The highest BCUT2D eigenvalue weighted by atomic mass is 35.5. The summed E-state index contributed by atoms with van der Waals surface area (Å²) in [5, 5.41) is 6.03. The minimum Gasteiger partial charge on any atom is -0.352 e. The topological polar surface area (TPSA) is 62.6 Å². The number of hydrogen-bond donors (Lipinski definition) is 3. The van der Waals surface area contributed by atoms with Crippen LogP contribution in [0.15, 0.2) is 24.3 Å². The number of likely N-dealkylation sites (N-methyl/N-ethyl adjacent to an activating group) is 1. The van der Waals surface area contributed by atoms with E-state index in [0.29, 0.717) is 18.1 Å². The summed E-state index contributed by atoms with van der Waals surface area (Å²) < 4.78 is 0. The van der Waals surface area contributed by atoms with Gasteiger partial charge in [-0.2, -0.15) is 0 Å². The fourth-order valence-corrected chi connectivity index (χ4v) is 2.16. The molecule has 1 aromatic rings. The largest absolute Gasteiger partial charge is 0.352 e. The summed E-state index contributed by atoms with van der Waals surface area (Å²) in [6.07, 6.45) is 0. The maximum absolute atomic E-state index is 11.8. The van der Waals surface area contributed by atoms with Gasteiger partial charge in [0.15, 0.2) is 6.54 Å². The average molecular weight is 313 g/mol. The van der Waals surface area contributed by atoms with Crippen LogP contribution in [0.25, 0.3) is 0 Å². The number of amides is 2. The van der Waals surface area contributed by atoms with Crippen LogP contribution in [0.4, 0.5) is 0 Å². The predicted molar refractivity (Wildman–Crippen MR) is 83.2 cm³/mol. The maximum atomic E-state index is 11.8. The van der Waals surface area contributed by atoms with Crippen LogP contribution in [-0.2, 0) is 16.1 Å². The fraction of sp³-hybridized carbons (Fsp3) is 0.467. The number of carbonyl (C=O) groups excluding carboxylic acids is 2. The number of quaternary nitrogens is 1. The molecule has 1 rings (SSSR count). The number of halogens is 1. The van der Waals surface area contributed by atoms with Gasteiger partial charge in [-0.3, -0.25) is 9.59 Å². The van der Waals surface area contributed by atoms with Crippen LogP contribution in [0.5, 0.6) is 0 Å². The highest BCUT2D eigenvalue weighted by Crippen LogP contribution is 2.09. The van der Waals surface area contributed by atoms with E-state index in [0.717, 1.165) is 10.5 Å². The van der Waals surface area contributed by atoms with E-state index in [9.17, 15) is 9.59 Å². The molecule has 0 saturated carbocycles. The monoisotopic (exact) mass is 312 g/mol. The van der Waals surface area contributed by atoms with Gasteiger partial charge in [-0.1, -0.05) is 23.7 Å². The van der Waals surface area contributed by atoms with E-state index < -0.39 is 0 Å². The van der Waals surface area contributed by atoms with Crippen molar-refractivity contribution in [2.24, 2.45) is 0 Å². The maximum Gasteiger partial charge on any atom is 0.275 e. The van der Waals surface area contributed by atoms with Gasteiger partial charge >= 0.3 is 0 Å². The summed E-state index contributed by atoms with van der Waals surface area (Å²) in [6, 6.07) is 7.65. The van der Waals surface area contributed by atoms with Crippen LogP contribution in [0.3, 0.4) is 0 Å². The summed E-state index contributed by atoms with van der Waals surface area (Å²) >= 11 is 5.93. The molecule has 0 saturated heterocycles. The van der Waals surface area contributed by atoms with Crippen molar-refractivity contribution in [3.05, 3.63) is 34.9 Å². The molecule has 116 valence electrons. The second-order valence-corrected chi connectivity index (χ2v) is 5.88. The standard InChI is InChI=1S/C15H22ClN3O2/c1-11(2)18-14(20)8-17-15(21)10-19(3)9-12-5-4-6-13(16)7-12/h4-7,11H,8-10H2,1-3H3,(H,17,21)(H,18,20)/p+1. The molecule has 0 aliphatic carbocycles. The number of rotatable bonds is 7. The molecular formula is C15H23ClN3O2+. The Morgan fingerprint density at radius 3 is 2.62 bits per heavy atom.